The largest absolute Gasteiger partial charge is 1.00 e. The number of nitrogens with zero attached hydrogens (tertiary/aromatic N) is 2. The maximum Gasteiger partial charge on any atom is 0.342 e. The lowest BCUT2D eigenvalue weighted by atomic mass is 9.99. The number of benzene rings is 2. The molecule has 0 amide bonds. The second-order valence-corrected chi connectivity index (χ2v) is 10.8. The Hall–Kier alpha value is -3.25. The van der Waals surface area contributed by atoms with Crippen LogP contribution in [0.25, 0.3) is 16.8 Å². The van der Waals surface area contributed by atoms with E-state index in [0.29, 0.717) is 6.42 Å². The van der Waals surface area contributed by atoms with Gasteiger partial charge in [0.25, 0.3) is 0 Å². The lowest BCUT2D eigenvalue weighted by Crippen LogP contribution is -3.00. The molecule has 38 heavy (non-hydrogen) atoms. The van der Waals surface area contributed by atoms with Crippen LogP contribution >= 0.6 is 7.60 Å². The second-order valence-electron chi connectivity index (χ2n) is 8.80. The summed E-state index contributed by atoms with van der Waals surface area (Å²) in [7, 11) is -4.33. The molecule has 0 radical (unpaired) electrons. The van der Waals surface area contributed by atoms with Gasteiger partial charge in [-0.2, -0.15) is 4.57 Å². The first-order valence-electron chi connectivity index (χ1n) is 11.7. The quantitative estimate of drug-likeness (QED) is 0.225. The van der Waals surface area contributed by atoms with E-state index in [2.05, 4.69) is 0 Å². The first-order chi connectivity index (χ1) is 17.4. The minimum absolute atomic E-state index is 0. The number of hydrogen-bond donors (Lipinski definition) is 2. The standard InChI is InChI=1S/C29H25N2O4P.2ClH/c32-36(33,34)29(17-5-2-6-18-29)23-30-19-13-24(14-20-30)25-15-21-31(22-16-25)26-9-11-28(12-10-26)35-27-7-3-1-4-8-27;;/h1-17,19-22H,18,23H2;2*1H. The molecule has 9 heteroatoms. The van der Waals surface area contributed by atoms with Crippen LogP contribution in [0.4, 0.5) is 0 Å². The van der Waals surface area contributed by atoms with Crippen LogP contribution in [0.5, 0.6) is 11.5 Å². The number of rotatable bonds is 7. The van der Waals surface area contributed by atoms with E-state index in [1.165, 1.54) is 0 Å². The number of para-hydroxylation sites is 1. The Morgan fingerprint density at radius 3 is 1.89 bits per heavy atom. The molecule has 0 fully saturated rings. The van der Waals surface area contributed by atoms with Crippen molar-refractivity contribution in [1.29, 1.82) is 0 Å². The van der Waals surface area contributed by atoms with Gasteiger partial charge in [0, 0.05) is 36.4 Å². The Kier molecular flexibility index (Phi) is 9.66. The van der Waals surface area contributed by atoms with Crippen molar-refractivity contribution in [2.45, 2.75) is 18.1 Å². The fourth-order valence-electron chi connectivity index (χ4n) is 4.25. The second kappa shape index (κ2) is 12.5. The van der Waals surface area contributed by atoms with E-state index in [0.717, 1.165) is 28.3 Å². The van der Waals surface area contributed by atoms with Crippen molar-refractivity contribution in [2.75, 3.05) is 0 Å². The topological polar surface area (TPSA) is 74.5 Å². The van der Waals surface area contributed by atoms with Crippen LogP contribution in [0.1, 0.15) is 6.42 Å². The summed E-state index contributed by atoms with van der Waals surface area (Å²) in [5.74, 6) is 1.58. The molecule has 0 saturated heterocycles. The van der Waals surface area contributed by atoms with Crippen LogP contribution < -0.4 is 38.7 Å². The molecular formula is C29H27Cl2N2O4P. The predicted octanol–water partition coefficient (Wildman–Crippen LogP) is -0.849. The monoisotopic (exact) mass is 568 g/mol. The Morgan fingerprint density at radius 2 is 1.34 bits per heavy atom. The number of pyridine rings is 2. The van der Waals surface area contributed by atoms with Gasteiger partial charge in [0.15, 0.2) is 36.5 Å². The van der Waals surface area contributed by atoms with Crippen LogP contribution in [-0.2, 0) is 11.1 Å². The Labute approximate surface area is 234 Å². The molecule has 0 spiro atoms. The van der Waals surface area contributed by atoms with Gasteiger partial charge in [-0.1, -0.05) is 42.5 Å². The fourth-order valence-corrected chi connectivity index (χ4v) is 5.22. The molecule has 4 aromatic rings. The van der Waals surface area contributed by atoms with Crippen molar-refractivity contribution in [3.8, 4) is 28.3 Å². The summed E-state index contributed by atoms with van der Waals surface area (Å²) in [5.41, 5.74) is 3.09. The van der Waals surface area contributed by atoms with Crippen molar-refractivity contribution in [3.05, 3.63) is 128 Å². The van der Waals surface area contributed by atoms with E-state index in [-0.39, 0.29) is 31.4 Å². The van der Waals surface area contributed by atoms with E-state index >= 15 is 0 Å². The summed E-state index contributed by atoms with van der Waals surface area (Å²) in [6, 6.07) is 25.6. The average molecular weight is 569 g/mol. The number of aromatic nitrogens is 2. The Morgan fingerprint density at radius 1 is 0.763 bits per heavy atom. The molecule has 1 unspecified atom stereocenters. The minimum atomic E-state index is -4.33. The van der Waals surface area contributed by atoms with Crippen LogP contribution in [-0.4, -0.2) is 14.9 Å². The van der Waals surface area contributed by atoms with Crippen molar-refractivity contribution in [2.24, 2.45) is 0 Å². The molecule has 1 atom stereocenters. The highest BCUT2D eigenvalue weighted by Gasteiger charge is 2.48. The smallest absolute Gasteiger partial charge is 0.342 e. The molecule has 2 aromatic heterocycles. The van der Waals surface area contributed by atoms with Gasteiger partial charge in [0.05, 0.1) is 0 Å². The lowest BCUT2D eigenvalue weighted by Gasteiger charge is -2.28. The van der Waals surface area contributed by atoms with E-state index in [1.54, 1.807) is 18.2 Å². The van der Waals surface area contributed by atoms with Gasteiger partial charge in [-0.3, -0.25) is 4.57 Å². The average Bonchev–Trinajstić information content (AvgIpc) is 2.90. The van der Waals surface area contributed by atoms with Gasteiger partial charge in [0.1, 0.15) is 11.5 Å². The van der Waals surface area contributed by atoms with E-state index in [4.69, 9.17) is 4.74 Å². The molecule has 0 bridgehead atoms. The van der Waals surface area contributed by atoms with Crippen LogP contribution in [0.3, 0.4) is 0 Å². The molecule has 0 aliphatic heterocycles. The highest BCUT2D eigenvalue weighted by atomic mass is 35.5. The van der Waals surface area contributed by atoms with Crippen LogP contribution in [0, 0.1) is 0 Å². The third-order valence-electron chi connectivity index (χ3n) is 6.33. The van der Waals surface area contributed by atoms with Gasteiger partial charge in [-0.15, -0.1) is 0 Å². The lowest BCUT2D eigenvalue weighted by molar-refractivity contribution is -0.699. The molecule has 6 nitrogen and oxygen atoms in total. The summed E-state index contributed by atoms with van der Waals surface area (Å²) >= 11 is 0. The summed E-state index contributed by atoms with van der Waals surface area (Å²) in [4.78, 5) is 20.0. The van der Waals surface area contributed by atoms with Gasteiger partial charge in [-0.25, -0.2) is 4.57 Å². The summed E-state index contributed by atoms with van der Waals surface area (Å²) in [6.45, 7) is 0.206. The molecule has 0 saturated carbocycles. The molecular weight excluding hydrogens is 542 g/mol. The molecule has 1 aliphatic carbocycles. The molecule has 2 heterocycles. The third kappa shape index (κ3) is 6.60. The normalized spacial score (nSPS) is 16.3. The first-order valence-corrected chi connectivity index (χ1v) is 13.3. The maximum atomic E-state index is 12.2. The van der Waals surface area contributed by atoms with Gasteiger partial charge in [-0.05, 0) is 41.8 Å². The van der Waals surface area contributed by atoms with Crippen molar-refractivity contribution in [3.63, 3.8) is 0 Å². The minimum Gasteiger partial charge on any atom is -1.00 e. The van der Waals surface area contributed by atoms with Crippen molar-refractivity contribution in [1.82, 2.24) is 0 Å². The summed E-state index contributed by atoms with van der Waals surface area (Å²) in [5, 5.41) is -1.21. The van der Waals surface area contributed by atoms with Crippen LogP contribution in [0.15, 0.2) is 128 Å². The summed E-state index contributed by atoms with van der Waals surface area (Å²) in [6.07, 6.45) is 15.0. The van der Waals surface area contributed by atoms with Gasteiger partial charge >= 0.3 is 7.60 Å². The molecule has 2 N–H and O–H groups in total. The fraction of sp³-hybridized carbons (Fsp3) is 0.103. The number of ether oxygens (including phenoxy) is 1. The Bertz CT molecular complexity index is 1440. The highest BCUT2D eigenvalue weighted by molar-refractivity contribution is 7.53. The molecule has 1 aliphatic rings. The zero-order chi connectivity index (χ0) is 25.0. The van der Waals surface area contributed by atoms with Crippen molar-refractivity contribution >= 4 is 7.60 Å². The third-order valence-corrected chi connectivity index (χ3v) is 7.96. The van der Waals surface area contributed by atoms with E-state index < -0.39 is 12.8 Å². The van der Waals surface area contributed by atoms with Gasteiger partial charge < -0.3 is 39.3 Å². The SMILES string of the molecule is O=P(O)(O)C1(C[n+]2ccc(-c3cc[n+](-c4ccc(Oc5ccccc5)cc4)cc3)cc2)C=CC=CC1.[Cl-].[Cl-]. The van der Waals surface area contributed by atoms with E-state index in [1.807, 2.05) is 119 Å². The predicted molar refractivity (Wildman–Crippen MR) is 138 cm³/mol. The maximum absolute atomic E-state index is 12.2. The highest BCUT2D eigenvalue weighted by Crippen LogP contribution is 2.54. The van der Waals surface area contributed by atoms with Crippen LogP contribution in [0.2, 0.25) is 0 Å². The number of allylic oxidation sites excluding steroid dienone is 4. The summed E-state index contributed by atoms with van der Waals surface area (Å²) < 4.78 is 22.0. The Balaban J connectivity index is 0.00000200. The van der Waals surface area contributed by atoms with E-state index in [9.17, 15) is 14.4 Å². The first kappa shape index (κ1) is 29.3. The zero-order valence-electron chi connectivity index (χ0n) is 20.3. The zero-order valence-corrected chi connectivity index (χ0v) is 22.8. The van der Waals surface area contributed by atoms with Gasteiger partial charge in [0.2, 0.25) is 5.69 Å². The van der Waals surface area contributed by atoms with Crippen molar-refractivity contribution < 1.29 is 53.0 Å². The molecule has 196 valence electrons. The number of halogens is 2. The molecule has 2 aromatic carbocycles. The molecule has 5 rings (SSSR count). The number of hydrogen-bond acceptors (Lipinski definition) is 2.